The topological polar surface area (TPSA) is 55.1 Å². The number of benzene rings is 1. The van der Waals surface area contributed by atoms with Gasteiger partial charge < -0.3 is 11.1 Å². The van der Waals surface area contributed by atoms with Gasteiger partial charge in [-0.1, -0.05) is 23.7 Å². The SMILES string of the molecule is CC(Cc1ccc(Cl)cc1)(NCC1CC1)C(N)=O. The van der Waals surface area contributed by atoms with Crippen molar-refractivity contribution < 1.29 is 4.79 Å². The second-order valence-electron chi connectivity index (χ2n) is 5.32. The first-order chi connectivity index (χ1) is 8.49. The Labute approximate surface area is 113 Å². The number of carbonyl (C=O) groups is 1. The van der Waals surface area contributed by atoms with E-state index in [-0.39, 0.29) is 5.91 Å². The molecule has 1 aromatic carbocycles. The smallest absolute Gasteiger partial charge is 0.237 e. The van der Waals surface area contributed by atoms with Crippen LogP contribution in [0.15, 0.2) is 24.3 Å². The molecule has 0 aliphatic heterocycles. The van der Waals surface area contributed by atoms with E-state index in [4.69, 9.17) is 17.3 Å². The van der Waals surface area contributed by atoms with Crippen molar-refractivity contribution in [2.75, 3.05) is 6.54 Å². The summed E-state index contributed by atoms with van der Waals surface area (Å²) < 4.78 is 0. The van der Waals surface area contributed by atoms with Crippen LogP contribution in [0.4, 0.5) is 0 Å². The molecule has 0 heterocycles. The molecule has 1 aromatic rings. The summed E-state index contributed by atoms with van der Waals surface area (Å²) in [7, 11) is 0. The first-order valence-electron chi connectivity index (χ1n) is 6.29. The summed E-state index contributed by atoms with van der Waals surface area (Å²) in [5.74, 6) is 0.409. The first-order valence-corrected chi connectivity index (χ1v) is 6.67. The summed E-state index contributed by atoms with van der Waals surface area (Å²) in [6.07, 6.45) is 3.10. The average Bonchev–Trinajstić information content (AvgIpc) is 3.13. The molecule has 0 aromatic heterocycles. The Morgan fingerprint density at radius 2 is 2.06 bits per heavy atom. The lowest BCUT2D eigenvalue weighted by Crippen LogP contribution is -2.55. The molecule has 3 N–H and O–H groups in total. The van der Waals surface area contributed by atoms with Gasteiger partial charge in [0.15, 0.2) is 0 Å². The van der Waals surface area contributed by atoms with Gasteiger partial charge in [0.1, 0.15) is 0 Å². The molecule has 18 heavy (non-hydrogen) atoms. The van der Waals surface area contributed by atoms with E-state index >= 15 is 0 Å². The van der Waals surface area contributed by atoms with Gasteiger partial charge in [0, 0.05) is 5.02 Å². The molecule has 2 rings (SSSR count). The van der Waals surface area contributed by atoms with Crippen LogP contribution < -0.4 is 11.1 Å². The van der Waals surface area contributed by atoms with Crippen LogP contribution in [0.2, 0.25) is 5.02 Å². The number of amides is 1. The number of nitrogens with one attached hydrogen (secondary N) is 1. The molecule has 1 amide bonds. The number of halogens is 1. The summed E-state index contributed by atoms with van der Waals surface area (Å²) >= 11 is 5.85. The normalized spacial score (nSPS) is 18.3. The molecule has 1 saturated carbocycles. The van der Waals surface area contributed by atoms with Gasteiger partial charge in [0.2, 0.25) is 5.91 Å². The van der Waals surface area contributed by atoms with Crippen LogP contribution in [0, 0.1) is 5.92 Å². The number of hydrogen-bond acceptors (Lipinski definition) is 2. The van der Waals surface area contributed by atoms with Crippen molar-refractivity contribution in [1.82, 2.24) is 5.32 Å². The lowest BCUT2D eigenvalue weighted by molar-refractivity contribution is -0.123. The fourth-order valence-electron chi connectivity index (χ4n) is 1.94. The third-order valence-corrected chi connectivity index (χ3v) is 3.74. The van der Waals surface area contributed by atoms with Gasteiger partial charge in [0.05, 0.1) is 5.54 Å². The fraction of sp³-hybridized carbons (Fsp3) is 0.500. The maximum absolute atomic E-state index is 11.7. The minimum atomic E-state index is -0.684. The Bertz CT molecular complexity index is 428. The molecule has 1 unspecified atom stereocenters. The second kappa shape index (κ2) is 5.29. The predicted octanol–water partition coefficient (Wildman–Crippen LogP) is 2.13. The maximum atomic E-state index is 11.7. The lowest BCUT2D eigenvalue weighted by atomic mass is 9.92. The highest BCUT2D eigenvalue weighted by atomic mass is 35.5. The van der Waals surface area contributed by atoms with Crippen LogP contribution in [0.3, 0.4) is 0 Å². The Hall–Kier alpha value is -1.06. The van der Waals surface area contributed by atoms with E-state index in [1.54, 1.807) is 0 Å². The van der Waals surface area contributed by atoms with E-state index in [0.717, 1.165) is 12.1 Å². The summed E-state index contributed by atoms with van der Waals surface area (Å²) in [4.78, 5) is 11.7. The second-order valence-corrected chi connectivity index (χ2v) is 5.76. The number of rotatable bonds is 6. The largest absolute Gasteiger partial charge is 0.368 e. The third-order valence-electron chi connectivity index (χ3n) is 3.49. The lowest BCUT2D eigenvalue weighted by Gasteiger charge is -2.28. The van der Waals surface area contributed by atoms with Crippen molar-refractivity contribution >= 4 is 17.5 Å². The molecule has 0 spiro atoms. The number of nitrogens with two attached hydrogens (primary N) is 1. The average molecular weight is 267 g/mol. The molecule has 0 saturated heterocycles. The Balaban J connectivity index is 2.03. The Morgan fingerprint density at radius 3 is 2.56 bits per heavy atom. The van der Waals surface area contributed by atoms with Crippen LogP contribution in [0.1, 0.15) is 25.3 Å². The van der Waals surface area contributed by atoms with Crippen molar-refractivity contribution in [1.29, 1.82) is 0 Å². The van der Waals surface area contributed by atoms with Gasteiger partial charge in [-0.15, -0.1) is 0 Å². The maximum Gasteiger partial charge on any atom is 0.237 e. The van der Waals surface area contributed by atoms with E-state index in [1.165, 1.54) is 12.8 Å². The highest BCUT2D eigenvalue weighted by Crippen LogP contribution is 2.28. The van der Waals surface area contributed by atoms with Crippen LogP contribution >= 0.6 is 11.6 Å². The quantitative estimate of drug-likeness (QED) is 0.829. The van der Waals surface area contributed by atoms with Gasteiger partial charge in [0.25, 0.3) is 0 Å². The van der Waals surface area contributed by atoms with E-state index in [0.29, 0.717) is 17.4 Å². The zero-order chi connectivity index (χ0) is 13.2. The molecule has 4 heteroatoms. The third kappa shape index (κ3) is 3.47. The van der Waals surface area contributed by atoms with Crippen molar-refractivity contribution in [3.63, 3.8) is 0 Å². The minimum absolute atomic E-state index is 0.307. The molecule has 1 aliphatic rings. The molecule has 0 bridgehead atoms. The van der Waals surface area contributed by atoms with Gasteiger partial charge in [-0.25, -0.2) is 0 Å². The van der Waals surface area contributed by atoms with Gasteiger partial charge in [-0.2, -0.15) is 0 Å². The van der Waals surface area contributed by atoms with Crippen molar-refractivity contribution in [3.05, 3.63) is 34.9 Å². The van der Waals surface area contributed by atoms with Crippen molar-refractivity contribution in [3.8, 4) is 0 Å². The van der Waals surface area contributed by atoms with Crippen molar-refractivity contribution in [2.45, 2.75) is 31.7 Å². The predicted molar refractivity (Wildman–Crippen MR) is 73.5 cm³/mol. The van der Waals surface area contributed by atoms with E-state index < -0.39 is 5.54 Å². The molecule has 1 atom stereocenters. The minimum Gasteiger partial charge on any atom is -0.368 e. The molecule has 3 nitrogen and oxygen atoms in total. The molecular formula is C14H19ClN2O. The van der Waals surface area contributed by atoms with E-state index in [2.05, 4.69) is 5.32 Å². The number of carbonyl (C=O) groups excluding carboxylic acids is 1. The van der Waals surface area contributed by atoms with Crippen LogP contribution in [-0.4, -0.2) is 18.0 Å². The zero-order valence-electron chi connectivity index (χ0n) is 10.6. The highest BCUT2D eigenvalue weighted by Gasteiger charge is 2.33. The summed E-state index contributed by atoms with van der Waals surface area (Å²) in [6.45, 7) is 2.74. The summed E-state index contributed by atoms with van der Waals surface area (Å²) in [5.41, 5.74) is 5.90. The number of primary amides is 1. The van der Waals surface area contributed by atoms with Crippen LogP contribution in [-0.2, 0) is 11.2 Å². The molecular weight excluding hydrogens is 248 g/mol. The van der Waals surface area contributed by atoms with Crippen LogP contribution in [0.5, 0.6) is 0 Å². The molecule has 98 valence electrons. The Kier molecular flexibility index (Phi) is 3.93. The summed E-state index contributed by atoms with van der Waals surface area (Å²) in [5, 5.41) is 4.01. The first kappa shape index (κ1) is 13.4. The van der Waals surface area contributed by atoms with Gasteiger partial charge in [-0.05, 0) is 56.3 Å². The zero-order valence-corrected chi connectivity index (χ0v) is 11.3. The monoisotopic (exact) mass is 266 g/mol. The molecule has 0 radical (unpaired) electrons. The number of hydrogen-bond donors (Lipinski definition) is 2. The molecule has 1 aliphatic carbocycles. The van der Waals surface area contributed by atoms with Gasteiger partial charge in [-0.3, -0.25) is 4.79 Å². The summed E-state index contributed by atoms with van der Waals surface area (Å²) in [6, 6.07) is 7.53. The van der Waals surface area contributed by atoms with Crippen molar-refractivity contribution in [2.24, 2.45) is 11.7 Å². The fourth-order valence-corrected chi connectivity index (χ4v) is 2.06. The van der Waals surface area contributed by atoms with E-state index in [9.17, 15) is 4.79 Å². The molecule has 1 fully saturated rings. The van der Waals surface area contributed by atoms with E-state index in [1.807, 2.05) is 31.2 Å². The van der Waals surface area contributed by atoms with Crippen LogP contribution in [0.25, 0.3) is 0 Å². The standard InChI is InChI=1S/C14H19ClN2O/c1-14(13(16)18,17-9-11-2-3-11)8-10-4-6-12(15)7-5-10/h4-7,11,17H,2-3,8-9H2,1H3,(H2,16,18). The van der Waals surface area contributed by atoms with Gasteiger partial charge >= 0.3 is 0 Å². The highest BCUT2D eigenvalue weighted by molar-refractivity contribution is 6.30. The Morgan fingerprint density at radius 1 is 1.44 bits per heavy atom.